The predicted molar refractivity (Wildman–Crippen MR) is 83.1 cm³/mol. The number of carbonyl (C=O) groups is 1. The lowest BCUT2D eigenvalue weighted by Crippen LogP contribution is -2.42. The van der Waals surface area contributed by atoms with Crippen molar-refractivity contribution in [2.45, 2.75) is 76.2 Å². The van der Waals surface area contributed by atoms with Crippen LogP contribution in [0.4, 0.5) is 0 Å². The monoisotopic (exact) mass is 297 g/mol. The van der Waals surface area contributed by atoms with Crippen molar-refractivity contribution in [2.75, 3.05) is 20.3 Å². The van der Waals surface area contributed by atoms with E-state index in [1.54, 1.807) is 7.11 Å². The highest BCUT2D eigenvalue weighted by Gasteiger charge is 2.35. The SMILES string of the molecule is COCCC1(CNC(=O)CC2(O)CCCCC2)CCCC1. The van der Waals surface area contributed by atoms with E-state index in [4.69, 9.17) is 4.74 Å². The molecule has 0 aliphatic heterocycles. The summed E-state index contributed by atoms with van der Waals surface area (Å²) in [5.74, 6) is 0.0168. The van der Waals surface area contributed by atoms with Crippen molar-refractivity contribution in [3.05, 3.63) is 0 Å². The number of methoxy groups -OCH3 is 1. The zero-order valence-electron chi connectivity index (χ0n) is 13.5. The average Bonchev–Trinajstić information content (AvgIpc) is 2.93. The lowest BCUT2D eigenvalue weighted by molar-refractivity contribution is -0.128. The van der Waals surface area contributed by atoms with Crippen molar-refractivity contribution in [1.29, 1.82) is 0 Å². The summed E-state index contributed by atoms with van der Waals surface area (Å²) in [5, 5.41) is 13.6. The molecule has 0 atom stereocenters. The average molecular weight is 297 g/mol. The second kappa shape index (κ2) is 7.59. The third kappa shape index (κ3) is 4.96. The first-order valence-corrected chi connectivity index (χ1v) is 8.56. The van der Waals surface area contributed by atoms with Crippen LogP contribution in [0, 0.1) is 5.41 Å². The van der Waals surface area contributed by atoms with E-state index in [1.165, 1.54) is 32.1 Å². The Bertz CT molecular complexity index is 331. The van der Waals surface area contributed by atoms with Crippen LogP contribution in [0.25, 0.3) is 0 Å². The van der Waals surface area contributed by atoms with Crippen LogP contribution < -0.4 is 5.32 Å². The normalized spacial score (nSPS) is 23.9. The van der Waals surface area contributed by atoms with Crippen LogP contribution in [0.15, 0.2) is 0 Å². The van der Waals surface area contributed by atoms with Gasteiger partial charge in [0.15, 0.2) is 0 Å². The maximum Gasteiger partial charge on any atom is 0.222 e. The van der Waals surface area contributed by atoms with Gasteiger partial charge in [0, 0.05) is 20.3 Å². The number of amides is 1. The number of carbonyl (C=O) groups excluding carboxylic acids is 1. The number of hydrogen-bond donors (Lipinski definition) is 2. The molecule has 2 aliphatic rings. The van der Waals surface area contributed by atoms with Crippen LogP contribution in [0.2, 0.25) is 0 Å². The maximum absolute atomic E-state index is 12.2. The molecule has 2 rings (SSSR count). The number of rotatable bonds is 7. The van der Waals surface area contributed by atoms with Gasteiger partial charge in [0.2, 0.25) is 5.91 Å². The number of hydrogen-bond acceptors (Lipinski definition) is 3. The minimum atomic E-state index is -0.752. The maximum atomic E-state index is 12.2. The highest BCUT2D eigenvalue weighted by Crippen LogP contribution is 2.40. The molecule has 21 heavy (non-hydrogen) atoms. The van der Waals surface area contributed by atoms with Crippen molar-refractivity contribution in [3.63, 3.8) is 0 Å². The topological polar surface area (TPSA) is 58.6 Å². The third-order valence-electron chi connectivity index (χ3n) is 5.44. The molecule has 2 fully saturated rings. The Morgan fingerprint density at radius 2 is 1.71 bits per heavy atom. The molecule has 0 aromatic carbocycles. The second-order valence-corrected chi connectivity index (χ2v) is 7.19. The summed E-state index contributed by atoms with van der Waals surface area (Å²) in [4.78, 5) is 12.2. The zero-order valence-corrected chi connectivity index (χ0v) is 13.5. The van der Waals surface area contributed by atoms with E-state index in [2.05, 4.69) is 5.32 Å². The highest BCUT2D eigenvalue weighted by molar-refractivity contribution is 5.77. The molecule has 0 radical (unpaired) electrons. The Balaban J connectivity index is 1.78. The molecule has 0 saturated heterocycles. The Hall–Kier alpha value is -0.610. The van der Waals surface area contributed by atoms with Crippen molar-refractivity contribution in [1.82, 2.24) is 5.32 Å². The van der Waals surface area contributed by atoms with Crippen molar-refractivity contribution >= 4 is 5.91 Å². The standard InChI is InChI=1S/C17H31NO3/c1-21-12-11-16(7-5-6-8-16)14-18-15(19)13-17(20)9-3-2-4-10-17/h20H,2-14H2,1H3,(H,18,19). The second-order valence-electron chi connectivity index (χ2n) is 7.19. The summed E-state index contributed by atoms with van der Waals surface area (Å²) < 4.78 is 5.22. The Kier molecular flexibility index (Phi) is 6.06. The van der Waals surface area contributed by atoms with Gasteiger partial charge >= 0.3 is 0 Å². The number of nitrogens with one attached hydrogen (secondary N) is 1. The fourth-order valence-corrected chi connectivity index (χ4v) is 3.99. The molecular formula is C17H31NO3. The quantitative estimate of drug-likeness (QED) is 0.759. The largest absolute Gasteiger partial charge is 0.389 e. The molecule has 122 valence electrons. The molecule has 0 spiro atoms. The molecule has 0 unspecified atom stereocenters. The summed E-state index contributed by atoms with van der Waals surface area (Å²) in [6.45, 7) is 1.51. The minimum absolute atomic E-state index is 0.0168. The molecule has 1 amide bonds. The fourth-order valence-electron chi connectivity index (χ4n) is 3.99. The summed E-state index contributed by atoms with van der Waals surface area (Å²) in [6, 6.07) is 0. The molecule has 2 saturated carbocycles. The summed E-state index contributed by atoms with van der Waals surface area (Å²) in [7, 11) is 1.74. The van der Waals surface area contributed by atoms with E-state index in [0.29, 0.717) is 0 Å². The molecule has 0 aromatic rings. The lowest BCUT2D eigenvalue weighted by Gasteiger charge is -2.33. The first-order valence-electron chi connectivity index (χ1n) is 8.56. The van der Waals surface area contributed by atoms with Crippen LogP contribution in [0.1, 0.15) is 70.6 Å². The van der Waals surface area contributed by atoms with Gasteiger partial charge in [-0.25, -0.2) is 0 Å². The van der Waals surface area contributed by atoms with Gasteiger partial charge in [0.1, 0.15) is 0 Å². The smallest absolute Gasteiger partial charge is 0.222 e. The van der Waals surface area contributed by atoms with Gasteiger partial charge in [-0.1, -0.05) is 32.1 Å². The van der Waals surface area contributed by atoms with Crippen LogP contribution >= 0.6 is 0 Å². The van der Waals surface area contributed by atoms with Gasteiger partial charge < -0.3 is 15.2 Å². The van der Waals surface area contributed by atoms with Crippen molar-refractivity contribution in [2.24, 2.45) is 5.41 Å². The van der Waals surface area contributed by atoms with Crippen LogP contribution in [-0.4, -0.2) is 36.9 Å². The van der Waals surface area contributed by atoms with Crippen LogP contribution in [0.3, 0.4) is 0 Å². The summed E-state index contributed by atoms with van der Waals surface area (Å²) >= 11 is 0. The minimum Gasteiger partial charge on any atom is -0.389 e. The third-order valence-corrected chi connectivity index (χ3v) is 5.44. The first-order chi connectivity index (χ1) is 10.1. The van der Waals surface area contributed by atoms with Gasteiger partial charge in [-0.05, 0) is 37.5 Å². The summed E-state index contributed by atoms with van der Waals surface area (Å²) in [6.07, 6.45) is 11.0. The molecular weight excluding hydrogens is 266 g/mol. The van der Waals surface area contributed by atoms with Gasteiger partial charge in [-0.3, -0.25) is 4.79 Å². The Labute approximate surface area is 128 Å². The molecule has 2 aliphatic carbocycles. The van der Waals surface area contributed by atoms with E-state index >= 15 is 0 Å². The van der Waals surface area contributed by atoms with Gasteiger partial charge in [0.05, 0.1) is 12.0 Å². The zero-order chi connectivity index (χ0) is 15.2. The molecule has 2 N–H and O–H groups in total. The molecule has 0 bridgehead atoms. The molecule has 4 heteroatoms. The van der Waals surface area contributed by atoms with Gasteiger partial charge in [0.25, 0.3) is 0 Å². The number of ether oxygens (including phenoxy) is 1. The Morgan fingerprint density at radius 1 is 1.10 bits per heavy atom. The lowest BCUT2D eigenvalue weighted by atomic mass is 9.81. The van der Waals surface area contributed by atoms with E-state index in [-0.39, 0.29) is 17.7 Å². The van der Waals surface area contributed by atoms with Crippen LogP contribution in [0.5, 0.6) is 0 Å². The summed E-state index contributed by atoms with van der Waals surface area (Å²) in [5.41, 5.74) is -0.529. The number of aliphatic hydroxyl groups is 1. The first kappa shape index (κ1) is 16.8. The van der Waals surface area contributed by atoms with E-state index < -0.39 is 5.60 Å². The van der Waals surface area contributed by atoms with Crippen molar-refractivity contribution in [3.8, 4) is 0 Å². The van der Waals surface area contributed by atoms with E-state index in [9.17, 15) is 9.90 Å². The molecule has 4 nitrogen and oxygen atoms in total. The van der Waals surface area contributed by atoms with Gasteiger partial charge in [-0.2, -0.15) is 0 Å². The fraction of sp³-hybridized carbons (Fsp3) is 0.941. The highest BCUT2D eigenvalue weighted by atomic mass is 16.5. The van der Waals surface area contributed by atoms with Gasteiger partial charge in [-0.15, -0.1) is 0 Å². The van der Waals surface area contributed by atoms with Crippen LogP contribution in [-0.2, 0) is 9.53 Å². The Morgan fingerprint density at radius 3 is 2.33 bits per heavy atom. The molecule has 0 aromatic heterocycles. The van der Waals surface area contributed by atoms with E-state index in [0.717, 1.165) is 45.3 Å². The predicted octanol–water partition coefficient (Wildman–Crippen LogP) is 2.78. The molecule has 0 heterocycles. The van der Waals surface area contributed by atoms with E-state index in [1.807, 2.05) is 0 Å². The van der Waals surface area contributed by atoms with Crippen molar-refractivity contribution < 1.29 is 14.6 Å².